The number of anilines is 1. The molecule has 0 aliphatic carbocycles. The molecule has 1 N–H and O–H groups in total. The van der Waals surface area contributed by atoms with E-state index in [2.05, 4.69) is 5.32 Å². The third kappa shape index (κ3) is 5.07. The minimum absolute atomic E-state index is 0.0672. The summed E-state index contributed by atoms with van der Waals surface area (Å²) in [5, 5.41) is 3.46. The number of nitrogens with zero attached hydrogens (tertiary/aromatic N) is 1. The van der Waals surface area contributed by atoms with Gasteiger partial charge in [-0.15, -0.1) is 0 Å². The van der Waals surface area contributed by atoms with Gasteiger partial charge in [0.1, 0.15) is 0 Å². The van der Waals surface area contributed by atoms with Crippen LogP contribution in [0.15, 0.2) is 42.5 Å². The van der Waals surface area contributed by atoms with E-state index in [9.17, 15) is 9.59 Å². The summed E-state index contributed by atoms with van der Waals surface area (Å²) in [6.07, 6.45) is 0.172. The summed E-state index contributed by atoms with van der Waals surface area (Å²) < 4.78 is 0. The van der Waals surface area contributed by atoms with Gasteiger partial charge in [-0.3, -0.25) is 9.59 Å². The lowest BCUT2D eigenvalue weighted by Gasteiger charge is -2.24. The van der Waals surface area contributed by atoms with E-state index in [0.717, 1.165) is 22.4 Å². The van der Waals surface area contributed by atoms with Gasteiger partial charge in [-0.25, -0.2) is 0 Å². The molecule has 0 fully saturated rings. The Labute approximate surface area is 153 Å². The standard InChI is InChI=1S/C20H23ClN2O2/c1-13-5-6-14(2)19(11-13)23(4)20(25)12-18(22-15(3)24)16-7-9-17(21)10-8-16/h5-11,18H,12H2,1-4H3,(H,22,24). The van der Waals surface area contributed by atoms with Crippen LogP contribution < -0.4 is 10.2 Å². The number of amides is 2. The number of aryl methyl sites for hydroxylation is 2. The predicted octanol–water partition coefficient (Wildman–Crippen LogP) is 4.19. The van der Waals surface area contributed by atoms with Crippen LogP contribution in [0.2, 0.25) is 5.02 Å². The van der Waals surface area contributed by atoms with E-state index in [1.54, 1.807) is 24.1 Å². The molecule has 0 heterocycles. The van der Waals surface area contributed by atoms with Crippen LogP contribution in [0, 0.1) is 13.8 Å². The second-order valence-electron chi connectivity index (χ2n) is 6.25. The highest BCUT2D eigenvalue weighted by molar-refractivity contribution is 6.30. The third-order valence-electron chi connectivity index (χ3n) is 4.13. The molecule has 132 valence electrons. The van der Waals surface area contributed by atoms with E-state index in [1.165, 1.54) is 6.92 Å². The van der Waals surface area contributed by atoms with Crippen LogP contribution in [-0.2, 0) is 9.59 Å². The van der Waals surface area contributed by atoms with Crippen LogP contribution in [0.25, 0.3) is 0 Å². The normalized spacial score (nSPS) is 11.7. The molecule has 2 amide bonds. The van der Waals surface area contributed by atoms with Crippen molar-refractivity contribution in [2.75, 3.05) is 11.9 Å². The van der Waals surface area contributed by atoms with Crippen molar-refractivity contribution in [1.29, 1.82) is 0 Å². The molecule has 0 aliphatic heterocycles. The Bertz CT molecular complexity index is 772. The molecule has 0 aromatic heterocycles. The average Bonchev–Trinajstić information content (AvgIpc) is 2.56. The molecule has 1 unspecified atom stereocenters. The van der Waals surface area contributed by atoms with Gasteiger partial charge in [0.15, 0.2) is 0 Å². The first-order valence-electron chi connectivity index (χ1n) is 8.14. The Balaban J connectivity index is 2.22. The van der Waals surface area contributed by atoms with E-state index in [1.807, 2.05) is 44.2 Å². The lowest BCUT2D eigenvalue weighted by atomic mass is 10.0. The fraction of sp³-hybridized carbons (Fsp3) is 0.300. The highest BCUT2D eigenvalue weighted by Gasteiger charge is 2.21. The maximum atomic E-state index is 12.8. The number of carbonyl (C=O) groups is 2. The Kier molecular flexibility index (Phi) is 6.21. The van der Waals surface area contributed by atoms with Crippen LogP contribution >= 0.6 is 11.6 Å². The summed E-state index contributed by atoms with van der Waals surface area (Å²) in [5.41, 5.74) is 3.85. The van der Waals surface area contributed by atoms with Crippen molar-refractivity contribution >= 4 is 29.1 Å². The smallest absolute Gasteiger partial charge is 0.229 e. The molecule has 0 saturated heterocycles. The van der Waals surface area contributed by atoms with Gasteiger partial charge in [-0.2, -0.15) is 0 Å². The molecule has 2 rings (SSSR count). The van der Waals surface area contributed by atoms with Crippen molar-refractivity contribution in [3.8, 4) is 0 Å². The lowest BCUT2D eigenvalue weighted by Crippen LogP contribution is -2.34. The number of hydrogen-bond acceptors (Lipinski definition) is 2. The van der Waals surface area contributed by atoms with Crippen molar-refractivity contribution in [2.24, 2.45) is 0 Å². The zero-order chi connectivity index (χ0) is 18.6. The summed E-state index contributed by atoms with van der Waals surface area (Å²) in [4.78, 5) is 26.0. The fourth-order valence-electron chi connectivity index (χ4n) is 2.72. The summed E-state index contributed by atoms with van der Waals surface area (Å²) in [7, 11) is 1.76. The highest BCUT2D eigenvalue weighted by atomic mass is 35.5. The summed E-state index contributed by atoms with van der Waals surface area (Å²) >= 11 is 5.93. The first-order valence-corrected chi connectivity index (χ1v) is 8.52. The van der Waals surface area contributed by atoms with Gasteiger partial charge >= 0.3 is 0 Å². The quantitative estimate of drug-likeness (QED) is 0.871. The number of carbonyl (C=O) groups excluding carboxylic acids is 2. The predicted molar refractivity (Wildman–Crippen MR) is 102 cm³/mol. The zero-order valence-corrected chi connectivity index (χ0v) is 15.7. The number of halogens is 1. The van der Waals surface area contributed by atoms with Crippen LogP contribution in [-0.4, -0.2) is 18.9 Å². The Morgan fingerprint density at radius 2 is 1.76 bits per heavy atom. The number of nitrogens with one attached hydrogen (secondary N) is 1. The number of benzene rings is 2. The van der Waals surface area contributed by atoms with Gasteiger partial charge in [0.25, 0.3) is 0 Å². The Morgan fingerprint density at radius 1 is 1.12 bits per heavy atom. The molecular weight excluding hydrogens is 336 g/mol. The highest BCUT2D eigenvalue weighted by Crippen LogP contribution is 2.24. The molecule has 5 heteroatoms. The SMILES string of the molecule is CC(=O)NC(CC(=O)N(C)c1cc(C)ccc1C)c1ccc(Cl)cc1. The molecule has 25 heavy (non-hydrogen) atoms. The van der Waals surface area contributed by atoms with Crippen molar-refractivity contribution in [3.05, 3.63) is 64.2 Å². The van der Waals surface area contributed by atoms with Gasteiger partial charge in [0, 0.05) is 24.7 Å². The van der Waals surface area contributed by atoms with E-state index in [-0.39, 0.29) is 18.2 Å². The summed E-state index contributed by atoms with van der Waals surface area (Å²) in [6.45, 7) is 5.42. The van der Waals surface area contributed by atoms with Crippen LogP contribution in [0.1, 0.15) is 36.1 Å². The fourth-order valence-corrected chi connectivity index (χ4v) is 2.85. The largest absolute Gasteiger partial charge is 0.349 e. The third-order valence-corrected chi connectivity index (χ3v) is 4.38. The van der Waals surface area contributed by atoms with Crippen LogP contribution in [0.4, 0.5) is 5.69 Å². The summed E-state index contributed by atoms with van der Waals surface area (Å²) in [6, 6.07) is 12.8. The first kappa shape index (κ1) is 19.0. The van der Waals surface area contributed by atoms with E-state index in [4.69, 9.17) is 11.6 Å². The van der Waals surface area contributed by atoms with Gasteiger partial charge in [-0.05, 0) is 48.7 Å². The molecule has 0 radical (unpaired) electrons. The minimum Gasteiger partial charge on any atom is -0.349 e. The van der Waals surface area contributed by atoms with Gasteiger partial charge in [-0.1, -0.05) is 35.9 Å². The zero-order valence-electron chi connectivity index (χ0n) is 15.0. The van der Waals surface area contributed by atoms with Crippen molar-refractivity contribution in [2.45, 2.75) is 33.2 Å². The molecular formula is C20H23ClN2O2. The first-order chi connectivity index (χ1) is 11.8. The van der Waals surface area contributed by atoms with Crippen molar-refractivity contribution in [3.63, 3.8) is 0 Å². The van der Waals surface area contributed by atoms with E-state index in [0.29, 0.717) is 5.02 Å². The Hall–Kier alpha value is -2.33. The molecule has 2 aromatic rings. The molecule has 0 bridgehead atoms. The maximum Gasteiger partial charge on any atom is 0.229 e. The monoisotopic (exact) mass is 358 g/mol. The van der Waals surface area contributed by atoms with Crippen molar-refractivity contribution < 1.29 is 9.59 Å². The lowest BCUT2D eigenvalue weighted by molar-refractivity contribution is -0.121. The van der Waals surface area contributed by atoms with Gasteiger partial charge in [0.05, 0.1) is 12.5 Å². The second kappa shape index (κ2) is 8.17. The van der Waals surface area contributed by atoms with Crippen LogP contribution in [0.3, 0.4) is 0 Å². The van der Waals surface area contributed by atoms with Gasteiger partial charge in [0.2, 0.25) is 11.8 Å². The minimum atomic E-state index is -0.394. The van der Waals surface area contributed by atoms with Crippen LogP contribution in [0.5, 0.6) is 0 Å². The molecule has 2 aromatic carbocycles. The molecule has 0 aliphatic rings. The molecule has 0 saturated carbocycles. The van der Waals surface area contributed by atoms with E-state index < -0.39 is 6.04 Å². The summed E-state index contributed by atoms with van der Waals surface area (Å²) in [5.74, 6) is -0.246. The maximum absolute atomic E-state index is 12.8. The number of rotatable bonds is 5. The second-order valence-corrected chi connectivity index (χ2v) is 6.69. The molecule has 1 atom stereocenters. The van der Waals surface area contributed by atoms with Crippen molar-refractivity contribution in [1.82, 2.24) is 5.32 Å². The van der Waals surface area contributed by atoms with E-state index >= 15 is 0 Å². The molecule has 4 nitrogen and oxygen atoms in total. The molecule has 0 spiro atoms. The van der Waals surface area contributed by atoms with Gasteiger partial charge < -0.3 is 10.2 Å². The average molecular weight is 359 g/mol. The topological polar surface area (TPSA) is 49.4 Å². The Morgan fingerprint density at radius 3 is 2.36 bits per heavy atom. The number of hydrogen-bond donors (Lipinski definition) is 1.